The van der Waals surface area contributed by atoms with Crippen LogP contribution in [0.15, 0.2) is 146 Å². The molecule has 0 aliphatic heterocycles. The van der Waals surface area contributed by atoms with Crippen molar-refractivity contribution in [3.63, 3.8) is 0 Å². The zero-order valence-corrected chi connectivity index (χ0v) is 33.2. The van der Waals surface area contributed by atoms with Gasteiger partial charge in [0.15, 0.2) is 0 Å². The van der Waals surface area contributed by atoms with E-state index >= 15 is 0 Å². The van der Waals surface area contributed by atoms with Crippen molar-refractivity contribution in [3.8, 4) is 67.9 Å². The highest BCUT2D eigenvalue weighted by molar-refractivity contribution is 5.74. The summed E-state index contributed by atoms with van der Waals surface area (Å²) in [5, 5.41) is 0. The molecule has 0 heterocycles. The van der Waals surface area contributed by atoms with Crippen LogP contribution in [0.3, 0.4) is 0 Å². The zero-order chi connectivity index (χ0) is 40.4. The van der Waals surface area contributed by atoms with E-state index in [0.717, 1.165) is 94.9 Å². The van der Waals surface area contributed by atoms with Crippen LogP contribution in [0, 0.1) is 0 Å². The first-order valence-corrected chi connectivity index (χ1v) is 19.8. The van der Waals surface area contributed by atoms with Crippen LogP contribution >= 0.6 is 0 Å². The van der Waals surface area contributed by atoms with Crippen molar-refractivity contribution in [1.82, 2.24) is 0 Å². The van der Waals surface area contributed by atoms with Crippen molar-refractivity contribution in [2.45, 2.75) is 51.4 Å². The topological polar surface area (TPSA) is 89.5 Å². The first-order chi connectivity index (χ1) is 28.4. The summed E-state index contributed by atoms with van der Waals surface area (Å²) in [4.78, 5) is 24.9. The van der Waals surface area contributed by atoms with Crippen LogP contribution in [0.2, 0.25) is 0 Å². The van der Waals surface area contributed by atoms with Crippen molar-refractivity contribution in [1.29, 1.82) is 0 Å². The predicted molar refractivity (Wildman–Crippen MR) is 228 cm³/mol. The average Bonchev–Trinajstić information content (AvgIpc) is 3.27. The molecular formula is C50H50O8. The van der Waals surface area contributed by atoms with E-state index in [1.165, 1.54) is 0 Å². The van der Waals surface area contributed by atoms with Gasteiger partial charge in [0, 0.05) is 12.8 Å². The Kier molecular flexibility index (Phi) is 15.4. The van der Waals surface area contributed by atoms with Gasteiger partial charge in [0.25, 0.3) is 0 Å². The van der Waals surface area contributed by atoms with Gasteiger partial charge in [0.1, 0.15) is 34.5 Å². The van der Waals surface area contributed by atoms with Crippen molar-refractivity contribution in [2.24, 2.45) is 0 Å². The van der Waals surface area contributed by atoms with Crippen molar-refractivity contribution < 1.29 is 38.0 Å². The first-order valence-electron chi connectivity index (χ1n) is 19.8. The van der Waals surface area contributed by atoms with Gasteiger partial charge in [-0.15, -0.1) is 0 Å². The molecular weight excluding hydrogens is 729 g/mol. The van der Waals surface area contributed by atoms with Gasteiger partial charge in [-0.2, -0.15) is 0 Å². The second-order valence-electron chi connectivity index (χ2n) is 13.8. The molecule has 298 valence electrons. The molecule has 6 aromatic carbocycles. The number of carbonyl (C=O) groups excluding carboxylic acids is 2. The Morgan fingerprint density at radius 1 is 0.328 bits per heavy atom. The van der Waals surface area contributed by atoms with E-state index in [2.05, 4.69) is 0 Å². The molecule has 0 bridgehead atoms. The lowest BCUT2D eigenvalue weighted by Crippen LogP contribution is -2.08. The maximum Gasteiger partial charge on any atom is 0.311 e. The van der Waals surface area contributed by atoms with Gasteiger partial charge < -0.3 is 28.4 Å². The Balaban J connectivity index is 0.807. The Hall–Kier alpha value is -6.54. The number of methoxy groups -OCH3 is 2. The summed E-state index contributed by atoms with van der Waals surface area (Å²) in [7, 11) is 3.32. The zero-order valence-electron chi connectivity index (χ0n) is 33.2. The monoisotopic (exact) mass is 778 g/mol. The lowest BCUT2D eigenvalue weighted by atomic mass is 10.1. The third-order valence-electron chi connectivity index (χ3n) is 9.65. The van der Waals surface area contributed by atoms with E-state index in [4.69, 9.17) is 28.4 Å². The summed E-state index contributed by atoms with van der Waals surface area (Å²) >= 11 is 0. The number of hydrogen-bond donors (Lipinski definition) is 0. The molecule has 0 spiro atoms. The van der Waals surface area contributed by atoms with Crippen LogP contribution in [-0.2, 0) is 9.59 Å². The van der Waals surface area contributed by atoms with E-state index in [1.807, 2.05) is 121 Å². The maximum absolute atomic E-state index is 12.4. The molecule has 0 radical (unpaired) electrons. The second-order valence-corrected chi connectivity index (χ2v) is 13.8. The largest absolute Gasteiger partial charge is 0.497 e. The van der Waals surface area contributed by atoms with Crippen LogP contribution in [0.4, 0.5) is 0 Å². The van der Waals surface area contributed by atoms with Crippen LogP contribution in [-0.4, -0.2) is 39.4 Å². The summed E-state index contributed by atoms with van der Waals surface area (Å²) in [5.74, 6) is 3.82. The molecule has 0 N–H and O–H groups in total. The summed E-state index contributed by atoms with van der Waals surface area (Å²) in [5.41, 5.74) is 6.39. The molecule has 0 atom stereocenters. The molecule has 6 rings (SSSR count). The van der Waals surface area contributed by atoms with E-state index in [1.54, 1.807) is 38.5 Å². The summed E-state index contributed by atoms with van der Waals surface area (Å²) in [6.45, 7) is 1.17. The average molecular weight is 779 g/mol. The quantitative estimate of drug-likeness (QED) is 0.0405. The molecule has 0 saturated heterocycles. The number of carbonyl (C=O) groups is 2. The van der Waals surface area contributed by atoms with Crippen molar-refractivity contribution in [2.75, 3.05) is 27.4 Å². The second kappa shape index (κ2) is 21.7. The fraction of sp³-hybridized carbons (Fsp3) is 0.240. The van der Waals surface area contributed by atoms with Gasteiger partial charge in [0.2, 0.25) is 0 Å². The molecule has 0 unspecified atom stereocenters. The minimum Gasteiger partial charge on any atom is -0.497 e. The molecule has 0 aromatic heterocycles. The van der Waals surface area contributed by atoms with E-state index in [0.29, 0.717) is 37.6 Å². The lowest BCUT2D eigenvalue weighted by molar-refractivity contribution is -0.135. The molecule has 0 fully saturated rings. The predicted octanol–water partition coefficient (Wildman–Crippen LogP) is 11.8. The summed E-state index contributed by atoms with van der Waals surface area (Å²) < 4.78 is 33.4. The maximum atomic E-state index is 12.4. The molecule has 0 aliphatic carbocycles. The molecule has 0 amide bonds. The standard InChI is InChI=1S/C50H50O8/c1-53-43-23-11-37(12-24-43)39-15-27-45(28-16-39)55-35-7-3-5-9-49(51)57-47-31-19-41(20-32-47)42-21-33-48(34-22-42)58-50(52)10-6-4-8-36-56-46-29-17-40(18-30-46)38-13-25-44(54-2)26-14-38/h11-34H,3-10,35-36H2,1-2H3. The van der Waals surface area contributed by atoms with Crippen molar-refractivity contribution >= 4 is 11.9 Å². The number of unbranched alkanes of at least 4 members (excludes halogenated alkanes) is 4. The van der Waals surface area contributed by atoms with E-state index < -0.39 is 0 Å². The van der Waals surface area contributed by atoms with Gasteiger partial charge in [-0.05, 0) is 145 Å². The SMILES string of the molecule is COc1ccc(-c2ccc(OCCCCCC(=O)Oc3ccc(-c4ccc(OC(=O)CCCCCOc5ccc(-c6ccc(OC)cc6)cc5)cc4)cc3)cc2)cc1. The minimum atomic E-state index is -0.255. The fourth-order valence-electron chi connectivity index (χ4n) is 6.33. The van der Waals surface area contributed by atoms with Gasteiger partial charge in [-0.25, -0.2) is 0 Å². The van der Waals surface area contributed by atoms with Gasteiger partial charge >= 0.3 is 11.9 Å². The number of esters is 2. The summed E-state index contributed by atoms with van der Waals surface area (Å²) in [6, 6.07) is 46.8. The van der Waals surface area contributed by atoms with Gasteiger partial charge in [-0.3, -0.25) is 9.59 Å². The Morgan fingerprint density at radius 2 is 0.586 bits per heavy atom. The molecule has 6 aromatic rings. The summed E-state index contributed by atoms with van der Waals surface area (Å²) in [6.07, 6.45) is 5.56. The molecule has 58 heavy (non-hydrogen) atoms. The highest BCUT2D eigenvalue weighted by Crippen LogP contribution is 2.28. The Labute approximate surface area is 341 Å². The van der Waals surface area contributed by atoms with Gasteiger partial charge in [0.05, 0.1) is 27.4 Å². The molecule has 0 saturated carbocycles. The number of hydrogen-bond acceptors (Lipinski definition) is 8. The van der Waals surface area contributed by atoms with Crippen LogP contribution < -0.4 is 28.4 Å². The molecule has 8 nitrogen and oxygen atoms in total. The smallest absolute Gasteiger partial charge is 0.311 e. The fourth-order valence-corrected chi connectivity index (χ4v) is 6.33. The minimum absolute atomic E-state index is 0.255. The Morgan fingerprint density at radius 3 is 0.862 bits per heavy atom. The number of benzene rings is 6. The van der Waals surface area contributed by atoms with E-state index in [9.17, 15) is 9.59 Å². The lowest BCUT2D eigenvalue weighted by Gasteiger charge is -2.09. The third kappa shape index (κ3) is 12.7. The highest BCUT2D eigenvalue weighted by Gasteiger charge is 2.09. The number of ether oxygens (including phenoxy) is 6. The van der Waals surface area contributed by atoms with Crippen LogP contribution in [0.1, 0.15) is 51.4 Å². The van der Waals surface area contributed by atoms with Crippen LogP contribution in [0.25, 0.3) is 33.4 Å². The molecule has 0 aliphatic rings. The van der Waals surface area contributed by atoms with Gasteiger partial charge in [-0.1, -0.05) is 72.8 Å². The molecule has 8 heteroatoms. The Bertz CT molecular complexity index is 1980. The van der Waals surface area contributed by atoms with Crippen molar-refractivity contribution in [3.05, 3.63) is 146 Å². The number of rotatable bonds is 21. The first kappa shape index (κ1) is 41.1. The highest BCUT2D eigenvalue weighted by atomic mass is 16.5. The normalized spacial score (nSPS) is 10.7. The van der Waals surface area contributed by atoms with Crippen LogP contribution in [0.5, 0.6) is 34.5 Å². The van der Waals surface area contributed by atoms with E-state index in [-0.39, 0.29) is 11.9 Å². The third-order valence-corrected chi connectivity index (χ3v) is 9.65.